The largest absolute Gasteiger partial charge is 0.497 e. The molecule has 0 amide bonds. The lowest BCUT2D eigenvalue weighted by molar-refractivity contribution is 0.0225. The number of halogens is 2. The molecule has 0 bridgehead atoms. The van der Waals surface area contributed by atoms with Crippen molar-refractivity contribution in [3.63, 3.8) is 0 Å². The number of benzene rings is 1. The third-order valence-corrected chi connectivity index (χ3v) is 1.93. The molecule has 0 spiro atoms. The average Bonchev–Trinajstić information content (AvgIpc) is 2.14. The van der Waals surface area contributed by atoms with Gasteiger partial charge in [0.15, 0.2) is 0 Å². The minimum absolute atomic E-state index is 0.319. The Morgan fingerprint density at radius 3 is 1.87 bits per heavy atom. The number of alkyl halides is 2. The summed E-state index contributed by atoms with van der Waals surface area (Å²) in [7, 11) is 2.98. The molecule has 1 rings (SSSR count). The Balaban J connectivity index is 2.97. The minimum Gasteiger partial charge on any atom is -0.497 e. The minimum atomic E-state index is -2.72. The molecule has 0 aliphatic carbocycles. The van der Waals surface area contributed by atoms with E-state index in [4.69, 9.17) is 9.47 Å². The highest BCUT2D eigenvalue weighted by atomic mass is 19.3. The Labute approximate surface area is 87.8 Å². The van der Waals surface area contributed by atoms with Crippen molar-refractivity contribution in [2.24, 2.45) is 0 Å². The summed E-state index contributed by atoms with van der Waals surface area (Å²) in [4.78, 5) is 0. The van der Waals surface area contributed by atoms with Crippen molar-refractivity contribution < 1.29 is 18.3 Å². The van der Waals surface area contributed by atoms with Gasteiger partial charge in [-0.15, -0.1) is 0 Å². The van der Waals surface area contributed by atoms with Crippen LogP contribution in [0.25, 0.3) is 0 Å². The van der Waals surface area contributed by atoms with Crippen molar-refractivity contribution in [2.75, 3.05) is 14.2 Å². The molecule has 0 N–H and O–H groups in total. The highest BCUT2D eigenvalue weighted by molar-refractivity contribution is 5.38. The molecule has 0 heterocycles. The first-order valence-corrected chi connectivity index (χ1v) is 4.54. The molecule has 0 atom stereocenters. The summed E-state index contributed by atoms with van der Waals surface area (Å²) in [6.07, 6.45) is -0.319. The van der Waals surface area contributed by atoms with Crippen molar-refractivity contribution in [3.8, 4) is 11.5 Å². The zero-order valence-corrected chi connectivity index (χ0v) is 9.01. The van der Waals surface area contributed by atoms with Gasteiger partial charge < -0.3 is 9.47 Å². The topological polar surface area (TPSA) is 18.5 Å². The van der Waals surface area contributed by atoms with Crippen molar-refractivity contribution in [2.45, 2.75) is 19.3 Å². The maximum Gasteiger partial charge on any atom is 0.249 e. The molecule has 0 aliphatic heterocycles. The Hall–Kier alpha value is -1.32. The van der Waals surface area contributed by atoms with Gasteiger partial charge in [-0.3, -0.25) is 0 Å². The average molecular weight is 216 g/mol. The van der Waals surface area contributed by atoms with E-state index in [0.717, 1.165) is 6.92 Å². The zero-order valence-electron chi connectivity index (χ0n) is 9.01. The van der Waals surface area contributed by atoms with E-state index in [2.05, 4.69) is 0 Å². The second-order valence-corrected chi connectivity index (χ2v) is 3.47. The van der Waals surface area contributed by atoms with E-state index in [9.17, 15) is 8.78 Å². The molecule has 15 heavy (non-hydrogen) atoms. The fourth-order valence-electron chi connectivity index (χ4n) is 1.33. The molecule has 1 aromatic carbocycles. The molecule has 84 valence electrons. The third kappa shape index (κ3) is 3.73. The predicted molar refractivity (Wildman–Crippen MR) is 53.9 cm³/mol. The second-order valence-electron chi connectivity index (χ2n) is 3.47. The smallest absolute Gasteiger partial charge is 0.249 e. The van der Waals surface area contributed by atoms with Gasteiger partial charge in [0.2, 0.25) is 5.92 Å². The lowest BCUT2D eigenvalue weighted by Crippen LogP contribution is -2.13. The molecule has 2 nitrogen and oxygen atoms in total. The van der Waals surface area contributed by atoms with E-state index < -0.39 is 5.92 Å². The van der Waals surface area contributed by atoms with Gasteiger partial charge in [-0.2, -0.15) is 0 Å². The molecule has 0 aromatic heterocycles. The number of rotatable bonds is 4. The third-order valence-electron chi connectivity index (χ3n) is 1.93. The quantitative estimate of drug-likeness (QED) is 0.770. The van der Waals surface area contributed by atoms with Crippen molar-refractivity contribution in [3.05, 3.63) is 23.8 Å². The standard InChI is InChI=1S/C11H14F2O2/c1-11(12,13)7-8-4-9(14-2)6-10(5-8)15-3/h4-6H,7H2,1-3H3. The molecule has 0 saturated heterocycles. The van der Waals surface area contributed by atoms with Crippen LogP contribution in [-0.4, -0.2) is 20.1 Å². The van der Waals surface area contributed by atoms with E-state index in [1.165, 1.54) is 14.2 Å². The maximum absolute atomic E-state index is 12.8. The number of hydrogen-bond acceptors (Lipinski definition) is 2. The number of hydrogen-bond donors (Lipinski definition) is 0. The molecule has 0 aliphatic rings. The van der Waals surface area contributed by atoms with Crippen molar-refractivity contribution in [1.29, 1.82) is 0 Å². The van der Waals surface area contributed by atoms with Crippen LogP contribution in [0, 0.1) is 0 Å². The summed E-state index contributed by atoms with van der Waals surface area (Å²) in [6, 6.07) is 4.82. The molecular formula is C11H14F2O2. The first kappa shape index (κ1) is 11.8. The van der Waals surface area contributed by atoms with Gasteiger partial charge in [0.05, 0.1) is 14.2 Å². The van der Waals surface area contributed by atoms with Crippen LogP contribution in [0.2, 0.25) is 0 Å². The summed E-state index contributed by atoms with van der Waals surface area (Å²) in [5.41, 5.74) is 0.499. The van der Waals surface area contributed by atoms with Crippen LogP contribution in [-0.2, 0) is 6.42 Å². The Morgan fingerprint density at radius 1 is 1.07 bits per heavy atom. The molecular weight excluding hydrogens is 202 g/mol. The van der Waals surface area contributed by atoms with E-state index in [1.54, 1.807) is 18.2 Å². The van der Waals surface area contributed by atoms with Crippen LogP contribution in [0.3, 0.4) is 0 Å². The summed E-state index contributed by atoms with van der Waals surface area (Å²) in [6.45, 7) is 0.888. The first-order chi connectivity index (χ1) is 6.94. The fraction of sp³-hybridized carbons (Fsp3) is 0.455. The van der Waals surface area contributed by atoms with Crippen LogP contribution < -0.4 is 9.47 Å². The molecule has 0 fully saturated rings. The Bertz CT molecular complexity index is 310. The highest BCUT2D eigenvalue weighted by Gasteiger charge is 2.22. The fourth-order valence-corrected chi connectivity index (χ4v) is 1.33. The van der Waals surface area contributed by atoms with Crippen LogP contribution in [0.1, 0.15) is 12.5 Å². The monoisotopic (exact) mass is 216 g/mol. The van der Waals surface area contributed by atoms with E-state index in [0.29, 0.717) is 17.1 Å². The van der Waals surface area contributed by atoms with Gasteiger partial charge in [-0.1, -0.05) is 0 Å². The highest BCUT2D eigenvalue weighted by Crippen LogP contribution is 2.26. The predicted octanol–water partition coefficient (Wildman–Crippen LogP) is 2.90. The maximum atomic E-state index is 12.8. The van der Waals surface area contributed by atoms with Gasteiger partial charge >= 0.3 is 0 Å². The van der Waals surface area contributed by atoms with Gasteiger partial charge in [0.25, 0.3) is 0 Å². The summed E-state index contributed by atoms with van der Waals surface area (Å²) >= 11 is 0. The van der Waals surface area contributed by atoms with E-state index in [-0.39, 0.29) is 6.42 Å². The van der Waals surface area contributed by atoms with E-state index >= 15 is 0 Å². The SMILES string of the molecule is COc1cc(CC(C)(F)F)cc(OC)c1. The molecule has 4 heteroatoms. The Morgan fingerprint density at radius 2 is 1.53 bits per heavy atom. The van der Waals surface area contributed by atoms with Gasteiger partial charge in [0.1, 0.15) is 11.5 Å². The Kier molecular flexibility index (Phi) is 3.50. The van der Waals surface area contributed by atoms with Crippen LogP contribution >= 0.6 is 0 Å². The zero-order chi connectivity index (χ0) is 11.5. The van der Waals surface area contributed by atoms with Gasteiger partial charge in [-0.25, -0.2) is 8.78 Å². The second kappa shape index (κ2) is 4.47. The number of methoxy groups -OCH3 is 2. The van der Waals surface area contributed by atoms with Crippen LogP contribution in [0.4, 0.5) is 8.78 Å². The lowest BCUT2D eigenvalue weighted by Gasteiger charge is -2.12. The summed E-state index contributed by atoms with van der Waals surface area (Å²) < 4.78 is 35.6. The summed E-state index contributed by atoms with van der Waals surface area (Å²) in [5, 5.41) is 0. The molecule has 1 aromatic rings. The lowest BCUT2D eigenvalue weighted by atomic mass is 10.1. The number of ether oxygens (including phenoxy) is 2. The normalized spacial score (nSPS) is 11.3. The van der Waals surface area contributed by atoms with Crippen LogP contribution in [0.5, 0.6) is 11.5 Å². The van der Waals surface area contributed by atoms with Gasteiger partial charge in [-0.05, 0) is 24.6 Å². The molecule has 0 radical (unpaired) electrons. The summed E-state index contributed by atoms with van der Waals surface area (Å²) in [5.74, 6) is -1.68. The molecule has 0 saturated carbocycles. The van der Waals surface area contributed by atoms with Crippen LogP contribution in [0.15, 0.2) is 18.2 Å². The van der Waals surface area contributed by atoms with Crippen molar-refractivity contribution in [1.82, 2.24) is 0 Å². The van der Waals surface area contributed by atoms with E-state index in [1.807, 2.05) is 0 Å². The first-order valence-electron chi connectivity index (χ1n) is 4.54. The molecule has 0 unspecified atom stereocenters. The van der Waals surface area contributed by atoms with Gasteiger partial charge in [0, 0.05) is 12.5 Å². The van der Waals surface area contributed by atoms with Crippen molar-refractivity contribution >= 4 is 0 Å².